The molecule has 0 amide bonds. The predicted octanol–water partition coefficient (Wildman–Crippen LogP) is 2.85. The normalized spacial score (nSPS) is 13.6. The van der Waals surface area contributed by atoms with Crippen LogP contribution in [0, 0.1) is 0 Å². The highest BCUT2D eigenvalue weighted by atomic mass is 32.2. The summed E-state index contributed by atoms with van der Waals surface area (Å²) in [6.45, 7) is 4.14. The zero-order chi connectivity index (χ0) is 19.2. The summed E-state index contributed by atoms with van der Waals surface area (Å²) in [6, 6.07) is 10.1. The highest BCUT2D eigenvalue weighted by molar-refractivity contribution is 7.89. The molecule has 3 aromatic rings. The number of fused-ring (bicyclic) bond motifs is 2. The van der Waals surface area contributed by atoms with Gasteiger partial charge in [0.25, 0.3) is 0 Å². The van der Waals surface area contributed by atoms with Gasteiger partial charge in [0, 0.05) is 12.6 Å². The van der Waals surface area contributed by atoms with E-state index in [0.29, 0.717) is 16.2 Å². The Kier molecular flexibility index (Phi) is 4.45. The number of nitrogens with zero attached hydrogens (tertiary/aromatic N) is 1. The van der Waals surface area contributed by atoms with Gasteiger partial charge in [0.15, 0.2) is 11.5 Å². The van der Waals surface area contributed by atoms with Crippen molar-refractivity contribution in [1.82, 2.24) is 9.29 Å². The summed E-state index contributed by atoms with van der Waals surface area (Å²) in [5.74, 6) is 1.25. The number of hydrogen-bond acceptors (Lipinski definition) is 6. The second kappa shape index (κ2) is 6.66. The van der Waals surface area contributed by atoms with Gasteiger partial charge in [-0.1, -0.05) is 17.4 Å². The number of sulfonamides is 1. The van der Waals surface area contributed by atoms with Gasteiger partial charge in [0.2, 0.25) is 16.8 Å². The van der Waals surface area contributed by atoms with Crippen molar-refractivity contribution in [2.75, 3.05) is 6.79 Å². The fourth-order valence-electron chi connectivity index (χ4n) is 2.99. The fourth-order valence-corrected chi connectivity index (χ4v) is 5.16. The molecule has 0 spiro atoms. The van der Waals surface area contributed by atoms with E-state index in [1.54, 1.807) is 34.9 Å². The summed E-state index contributed by atoms with van der Waals surface area (Å²) < 4.78 is 40.8. The molecule has 9 heteroatoms. The van der Waals surface area contributed by atoms with E-state index in [2.05, 4.69) is 4.72 Å². The Morgan fingerprint density at radius 3 is 2.70 bits per heavy atom. The van der Waals surface area contributed by atoms with Crippen molar-refractivity contribution in [3.63, 3.8) is 0 Å². The Morgan fingerprint density at radius 1 is 1.15 bits per heavy atom. The summed E-state index contributed by atoms with van der Waals surface area (Å²) in [7, 11) is -3.71. The van der Waals surface area contributed by atoms with Crippen LogP contribution in [0.2, 0.25) is 0 Å². The largest absolute Gasteiger partial charge is 0.454 e. The molecule has 142 valence electrons. The van der Waals surface area contributed by atoms with E-state index in [4.69, 9.17) is 9.47 Å². The molecule has 4 rings (SSSR count). The molecule has 0 atom stereocenters. The molecule has 0 radical (unpaired) electrons. The zero-order valence-corrected chi connectivity index (χ0v) is 16.4. The maximum atomic E-state index is 12.7. The molecular formula is C18H18N2O5S2. The molecule has 2 heterocycles. The molecular weight excluding hydrogens is 388 g/mol. The van der Waals surface area contributed by atoms with E-state index < -0.39 is 10.0 Å². The van der Waals surface area contributed by atoms with Crippen molar-refractivity contribution in [3.05, 3.63) is 51.6 Å². The van der Waals surface area contributed by atoms with Crippen LogP contribution in [0.4, 0.5) is 0 Å². The SMILES string of the molecule is CC(C)n1c(=O)sc2cc(S(=O)(=O)NCc3ccc4c(c3)OCO4)ccc21. The lowest BCUT2D eigenvalue weighted by Crippen LogP contribution is -2.23. The summed E-state index contributed by atoms with van der Waals surface area (Å²) in [5.41, 5.74) is 1.51. The third kappa shape index (κ3) is 3.33. The molecule has 0 unspecified atom stereocenters. The van der Waals surface area contributed by atoms with Crippen LogP contribution in [-0.4, -0.2) is 19.8 Å². The van der Waals surface area contributed by atoms with Crippen LogP contribution in [0.15, 0.2) is 46.1 Å². The van der Waals surface area contributed by atoms with Crippen molar-refractivity contribution in [3.8, 4) is 11.5 Å². The molecule has 0 aliphatic carbocycles. The number of thiazole rings is 1. The molecule has 1 N–H and O–H groups in total. The maximum absolute atomic E-state index is 12.7. The maximum Gasteiger partial charge on any atom is 0.308 e. The summed E-state index contributed by atoms with van der Waals surface area (Å²) in [5, 5.41) is 0. The zero-order valence-electron chi connectivity index (χ0n) is 14.8. The molecule has 7 nitrogen and oxygen atoms in total. The van der Waals surface area contributed by atoms with Gasteiger partial charge in [-0.15, -0.1) is 0 Å². The van der Waals surface area contributed by atoms with Crippen molar-refractivity contribution in [2.45, 2.75) is 31.3 Å². The van der Waals surface area contributed by atoms with Crippen LogP contribution in [0.25, 0.3) is 10.2 Å². The van der Waals surface area contributed by atoms with Crippen LogP contribution in [0.3, 0.4) is 0 Å². The first-order valence-corrected chi connectivity index (χ1v) is 10.7. The first kappa shape index (κ1) is 18.0. The molecule has 2 aromatic carbocycles. The lowest BCUT2D eigenvalue weighted by molar-refractivity contribution is 0.174. The predicted molar refractivity (Wildman–Crippen MR) is 103 cm³/mol. The monoisotopic (exact) mass is 406 g/mol. The Balaban J connectivity index is 1.59. The van der Waals surface area contributed by atoms with Crippen molar-refractivity contribution < 1.29 is 17.9 Å². The number of nitrogens with one attached hydrogen (secondary N) is 1. The van der Waals surface area contributed by atoms with E-state index in [1.807, 2.05) is 13.8 Å². The smallest absolute Gasteiger partial charge is 0.308 e. The van der Waals surface area contributed by atoms with Gasteiger partial charge in [-0.05, 0) is 49.7 Å². The second-order valence-electron chi connectivity index (χ2n) is 6.47. The molecule has 0 bridgehead atoms. The summed E-state index contributed by atoms with van der Waals surface area (Å²) in [4.78, 5) is 12.2. The quantitative estimate of drug-likeness (QED) is 0.704. The Morgan fingerprint density at radius 2 is 1.93 bits per heavy atom. The van der Waals surface area contributed by atoms with E-state index in [-0.39, 0.29) is 29.1 Å². The van der Waals surface area contributed by atoms with E-state index in [0.717, 1.165) is 22.4 Å². The number of hydrogen-bond donors (Lipinski definition) is 1. The Labute approximate surface area is 160 Å². The minimum atomic E-state index is -3.71. The van der Waals surface area contributed by atoms with Gasteiger partial charge in [-0.3, -0.25) is 9.36 Å². The first-order chi connectivity index (χ1) is 12.8. The second-order valence-corrected chi connectivity index (χ2v) is 9.23. The molecule has 1 aliphatic rings. The molecule has 1 aromatic heterocycles. The minimum Gasteiger partial charge on any atom is -0.454 e. The highest BCUT2D eigenvalue weighted by Crippen LogP contribution is 2.32. The van der Waals surface area contributed by atoms with E-state index in [9.17, 15) is 13.2 Å². The first-order valence-electron chi connectivity index (χ1n) is 8.38. The van der Waals surface area contributed by atoms with Crippen molar-refractivity contribution in [2.24, 2.45) is 0 Å². The molecule has 0 saturated carbocycles. The molecule has 27 heavy (non-hydrogen) atoms. The average Bonchev–Trinajstić information content (AvgIpc) is 3.21. The lowest BCUT2D eigenvalue weighted by Gasteiger charge is -2.09. The topological polar surface area (TPSA) is 86.6 Å². The summed E-state index contributed by atoms with van der Waals surface area (Å²) in [6.07, 6.45) is 0. The van der Waals surface area contributed by atoms with Gasteiger partial charge in [-0.25, -0.2) is 13.1 Å². The van der Waals surface area contributed by atoms with E-state index in [1.165, 1.54) is 6.07 Å². The molecule has 0 saturated heterocycles. The number of benzene rings is 2. The van der Waals surface area contributed by atoms with Crippen molar-refractivity contribution in [1.29, 1.82) is 0 Å². The van der Waals surface area contributed by atoms with Gasteiger partial charge >= 0.3 is 4.87 Å². The standard InChI is InChI=1S/C18H18N2O5S2/c1-11(2)20-14-5-4-13(8-17(14)26-18(20)21)27(22,23)19-9-12-3-6-15-16(7-12)25-10-24-15/h3-8,11,19H,9-10H2,1-2H3. The van der Waals surface area contributed by atoms with E-state index >= 15 is 0 Å². The van der Waals surface area contributed by atoms with Crippen LogP contribution in [0.5, 0.6) is 11.5 Å². The summed E-state index contributed by atoms with van der Waals surface area (Å²) >= 11 is 1.05. The highest BCUT2D eigenvalue weighted by Gasteiger charge is 2.19. The number of ether oxygens (including phenoxy) is 2. The third-order valence-electron chi connectivity index (χ3n) is 4.31. The number of aromatic nitrogens is 1. The molecule has 1 aliphatic heterocycles. The number of rotatable bonds is 5. The van der Waals surface area contributed by atoms with Gasteiger partial charge < -0.3 is 9.47 Å². The van der Waals surface area contributed by atoms with Gasteiger partial charge in [-0.2, -0.15) is 0 Å². The average molecular weight is 406 g/mol. The molecule has 0 fully saturated rings. The Hall–Kier alpha value is -2.36. The van der Waals surface area contributed by atoms with Crippen LogP contribution in [-0.2, 0) is 16.6 Å². The minimum absolute atomic E-state index is 0.0119. The van der Waals surface area contributed by atoms with Crippen LogP contribution < -0.4 is 19.1 Å². The van der Waals surface area contributed by atoms with Crippen molar-refractivity contribution >= 4 is 31.6 Å². The fraction of sp³-hybridized carbons (Fsp3) is 0.278. The Bertz CT molecular complexity index is 1180. The van der Waals surface area contributed by atoms with Gasteiger partial charge in [0.05, 0.1) is 15.1 Å². The van der Waals surface area contributed by atoms with Gasteiger partial charge in [0.1, 0.15) is 0 Å². The third-order valence-corrected chi connectivity index (χ3v) is 6.63. The van der Waals surface area contributed by atoms with Crippen LogP contribution >= 0.6 is 11.3 Å². The van der Waals surface area contributed by atoms with Crippen LogP contribution in [0.1, 0.15) is 25.5 Å². The lowest BCUT2D eigenvalue weighted by atomic mass is 10.2.